The first-order valence-corrected chi connectivity index (χ1v) is 12.9. The standard InChI is InChI=1S/C22H22Cl2N4O6S2/c1-10-16(20(30)32-4)19(36-17(10)21(31)33-5)25-15(29)9-35-22-27-26-18(28(22)3)11(2)34-14-7-6-12(23)8-13(14)24/h6-8,11H,9H2,1-5H3,(H,25,29). The van der Waals surface area contributed by atoms with Gasteiger partial charge in [-0.15, -0.1) is 21.5 Å². The van der Waals surface area contributed by atoms with E-state index in [0.717, 1.165) is 23.1 Å². The third-order valence-electron chi connectivity index (χ3n) is 4.92. The van der Waals surface area contributed by atoms with E-state index in [9.17, 15) is 14.4 Å². The number of nitrogens with zero attached hydrogens (tertiary/aromatic N) is 3. The Balaban J connectivity index is 1.69. The van der Waals surface area contributed by atoms with E-state index < -0.39 is 23.9 Å². The van der Waals surface area contributed by atoms with Crippen molar-refractivity contribution in [2.24, 2.45) is 7.05 Å². The van der Waals surface area contributed by atoms with Gasteiger partial charge in [0.1, 0.15) is 15.6 Å². The number of thioether (sulfide) groups is 1. The van der Waals surface area contributed by atoms with Crippen molar-refractivity contribution in [1.82, 2.24) is 14.8 Å². The predicted molar refractivity (Wildman–Crippen MR) is 138 cm³/mol. The minimum Gasteiger partial charge on any atom is -0.481 e. The number of thiophene rings is 1. The van der Waals surface area contributed by atoms with Crippen LogP contribution in [0.1, 0.15) is 44.4 Å². The summed E-state index contributed by atoms with van der Waals surface area (Å²) in [6, 6.07) is 4.91. The lowest BCUT2D eigenvalue weighted by Gasteiger charge is -2.15. The highest BCUT2D eigenvalue weighted by atomic mass is 35.5. The molecule has 0 saturated heterocycles. The van der Waals surface area contributed by atoms with Crippen LogP contribution in [0.4, 0.5) is 5.00 Å². The van der Waals surface area contributed by atoms with Gasteiger partial charge in [-0.1, -0.05) is 35.0 Å². The van der Waals surface area contributed by atoms with Gasteiger partial charge in [0.25, 0.3) is 0 Å². The molecule has 0 aliphatic carbocycles. The molecule has 1 N–H and O–H groups in total. The molecule has 192 valence electrons. The van der Waals surface area contributed by atoms with Crippen LogP contribution in [-0.2, 0) is 21.3 Å². The molecule has 0 radical (unpaired) electrons. The number of carbonyl (C=O) groups excluding carboxylic acids is 3. The van der Waals surface area contributed by atoms with Crippen molar-refractivity contribution in [3.63, 3.8) is 0 Å². The summed E-state index contributed by atoms with van der Waals surface area (Å²) in [5.74, 6) is -0.757. The summed E-state index contributed by atoms with van der Waals surface area (Å²) in [7, 11) is 4.20. The van der Waals surface area contributed by atoms with E-state index in [-0.39, 0.29) is 21.2 Å². The fraction of sp³-hybridized carbons (Fsp3) is 0.318. The van der Waals surface area contributed by atoms with E-state index >= 15 is 0 Å². The Hall–Kier alpha value is -2.80. The molecule has 0 fully saturated rings. The average Bonchev–Trinajstić information content (AvgIpc) is 3.37. The number of rotatable bonds is 9. The van der Waals surface area contributed by atoms with Crippen LogP contribution in [0.25, 0.3) is 0 Å². The summed E-state index contributed by atoms with van der Waals surface area (Å²) < 4.78 is 17.2. The second-order valence-electron chi connectivity index (χ2n) is 7.31. The molecule has 2 heterocycles. The van der Waals surface area contributed by atoms with Crippen LogP contribution in [0.3, 0.4) is 0 Å². The number of hydrogen-bond acceptors (Lipinski definition) is 10. The van der Waals surface area contributed by atoms with E-state index in [1.165, 1.54) is 14.2 Å². The van der Waals surface area contributed by atoms with E-state index in [2.05, 4.69) is 15.5 Å². The fourth-order valence-corrected chi connectivity index (χ4v) is 5.45. The molecule has 1 unspecified atom stereocenters. The molecule has 10 nitrogen and oxygen atoms in total. The Kier molecular flexibility index (Phi) is 9.23. The third kappa shape index (κ3) is 6.12. The molecule has 3 aromatic rings. The Bertz CT molecular complexity index is 1310. The molecule has 1 aromatic carbocycles. The molecular weight excluding hydrogens is 551 g/mol. The molecule has 0 spiro atoms. The predicted octanol–water partition coefficient (Wildman–Crippen LogP) is 4.94. The van der Waals surface area contributed by atoms with Gasteiger partial charge in [0.2, 0.25) is 5.91 Å². The van der Waals surface area contributed by atoms with Crippen molar-refractivity contribution in [3.05, 3.63) is 50.1 Å². The van der Waals surface area contributed by atoms with Gasteiger partial charge in [-0.2, -0.15) is 0 Å². The first kappa shape index (κ1) is 27.8. The maximum Gasteiger partial charge on any atom is 0.348 e. The number of esters is 2. The number of halogens is 2. The molecule has 3 rings (SSSR count). The van der Waals surface area contributed by atoms with Gasteiger partial charge in [0, 0.05) is 12.1 Å². The molecule has 36 heavy (non-hydrogen) atoms. The van der Waals surface area contributed by atoms with Gasteiger partial charge in [-0.25, -0.2) is 9.59 Å². The highest BCUT2D eigenvalue weighted by Gasteiger charge is 2.27. The normalized spacial score (nSPS) is 11.6. The van der Waals surface area contributed by atoms with Gasteiger partial charge >= 0.3 is 11.9 Å². The largest absolute Gasteiger partial charge is 0.481 e. The molecule has 1 amide bonds. The second-order valence-corrected chi connectivity index (χ2v) is 10.1. The first-order valence-electron chi connectivity index (χ1n) is 10.3. The number of nitrogens with one attached hydrogen (secondary N) is 1. The van der Waals surface area contributed by atoms with Crippen LogP contribution >= 0.6 is 46.3 Å². The van der Waals surface area contributed by atoms with Gasteiger partial charge in [0.15, 0.2) is 17.1 Å². The highest BCUT2D eigenvalue weighted by Crippen LogP contribution is 2.35. The van der Waals surface area contributed by atoms with Crippen molar-refractivity contribution >= 4 is 69.1 Å². The number of ether oxygens (including phenoxy) is 3. The fourth-order valence-electron chi connectivity index (χ4n) is 3.15. The van der Waals surface area contributed by atoms with Crippen LogP contribution in [-0.4, -0.2) is 52.6 Å². The van der Waals surface area contributed by atoms with Crippen LogP contribution in [0.5, 0.6) is 5.75 Å². The molecule has 14 heteroatoms. The van der Waals surface area contributed by atoms with Crippen molar-refractivity contribution in [3.8, 4) is 5.75 Å². The molecule has 0 bridgehead atoms. The van der Waals surface area contributed by atoms with Crippen LogP contribution in [0.15, 0.2) is 23.4 Å². The number of amides is 1. The Morgan fingerprint density at radius 2 is 1.86 bits per heavy atom. The number of carbonyl (C=O) groups is 3. The maximum absolute atomic E-state index is 12.7. The minimum absolute atomic E-state index is 0.0324. The zero-order valence-corrected chi connectivity index (χ0v) is 23.0. The van der Waals surface area contributed by atoms with Crippen molar-refractivity contribution in [1.29, 1.82) is 0 Å². The number of anilines is 1. The first-order chi connectivity index (χ1) is 17.1. The average molecular weight is 573 g/mol. The maximum atomic E-state index is 12.7. The molecule has 2 aromatic heterocycles. The summed E-state index contributed by atoms with van der Waals surface area (Å²) in [4.78, 5) is 37.1. The van der Waals surface area contributed by atoms with Gasteiger partial charge < -0.3 is 24.1 Å². The van der Waals surface area contributed by atoms with Crippen LogP contribution < -0.4 is 10.1 Å². The summed E-state index contributed by atoms with van der Waals surface area (Å²) in [5.41, 5.74) is 0.475. The monoisotopic (exact) mass is 572 g/mol. The number of methoxy groups -OCH3 is 2. The number of hydrogen-bond donors (Lipinski definition) is 1. The van der Waals surface area contributed by atoms with Gasteiger partial charge in [-0.05, 0) is 37.6 Å². The third-order valence-corrected chi connectivity index (χ3v) is 7.66. The Labute approximate surface area is 225 Å². The lowest BCUT2D eigenvalue weighted by molar-refractivity contribution is -0.113. The van der Waals surface area contributed by atoms with E-state index in [4.69, 9.17) is 37.4 Å². The molecule has 1 atom stereocenters. The summed E-state index contributed by atoms with van der Waals surface area (Å²) in [6.45, 7) is 3.38. The van der Waals surface area contributed by atoms with E-state index in [0.29, 0.717) is 32.3 Å². The highest BCUT2D eigenvalue weighted by molar-refractivity contribution is 7.99. The minimum atomic E-state index is -0.672. The van der Waals surface area contributed by atoms with Crippen molar-refractivity contribution < 1.29 is 28.6 Å². The van der Waals surface area contributed by atoms with Crippen LogP contribution in [0, 0.1) is 6.92 Å². The Morgan fingerprint density at radius 1 is 1.17 bits per heavy atom. The quantitative estimate of drug-likeness (QED) is 0.280. The van der Waals surface area contributed by atoms with Gasteiger partial charge in [-0.3, -0.25) is 4.79 Å². The lowest BCUT2D eigenvalue weighted by atomic mass is 10.1. The zero-order chi connectivity index (χ0) is 26.6. The Morgan fingerprint density at radius 3 is 2.50 bits per heavy atom. The smallest absolute Gasteiger partial charge is 0.348 e. The topological polar surface area (TPSA) is 122 Å². The zero-order valence-electron chi connectivity index (χ0n) is 19.9. The van der Waals surface area contributed by atoms with Crippen molar-refractivity contribution in [2.75, 3.05) is 25.3 Å². The summed E-state index contributed by atoms with van der Waals surface area (Å²) in [6.07, 6.45) is -0.488. The second kappa shape index (κ2) is 12.0. The SMILES string of the molecule is COC(=O)c1sc(NC(=O)CSc2nnc(C(C)Oc3ccc(Cl)cc3Cl)n2C)c(C(=O)OC)c1C. The van der Waals surface area contributed by atoms with Crippen LogP contribution in [0.2, 0.25) is 10.0 Å². The molecule has 0 aliphatic rings. The molecule has 0 aliphatic heterocycles. The number of benzene rings is 1. The molecular formula is C22H22Cl2N4O6S2. The van der Waals surface area contributed by atoms with Crippen molar-refractivity contribution in [2.45, 2.75) is 25.1 Å². The van der Waals surface area contributed by atoms with E-state index in [1.54, 1.807) is 43.7 Å². The molecule has 0 saturated carbocycles. The van der Waals surface area contributed by atoms with E-state index in [1.807, 2.05) is 0 Å². The summed E-state index contributed by atoms with van der Waals surface area (Å²) >= 11 is 14.2. The lowest BCUT2D eigenvalue weighted by Crippen LogP contribution is -2.16. The van der Waals surface area contributed by atoms with Gasteiger partial charge in [0.05, 0.1) is 30.6 Å². The summed E-state index contributed by atoms with van der Waals surface area (Å²) in [5, 5.41) is 12.5. The number of aromatic nitrogens is 3.